The number of nitrogens with one attached hydrogen (secondary N) is 1. The summed E-state index contributed by atoms with van der Waals surface area (Å²) in [5.41, 5.74) is 1.50. The minimum absolute atomic E-state index is 0.0768. The Morgan fingerprint density at radius 3 is 2.26 bits per heavy atom. The van der Waals surface area contributed by atoms with Crippen molar-refractivity contribution in [3.8, 4) is 17.2 Å². The first-order valence-electron chi connectivity index (χ1n) is 9.65. The fraction of sp³-hybridized carbons (Fsp3) is 0.333. The molecule has 0 aliphatic heterocycles. The highest BCUT2D eigenvalue weighted by molar-refractivity contribution is 7.89. The van der Waals surface area contributed by atoms with Crippen LogP contribution in [0.2, 0.25) is 0 Å². The number of carbonyl (C=O) groups is 2. The number of carbonyl (C=O) groups excluding carboxylic acids is 1. The van der Waals surface area contributed by atoms with Crippen molar-refractivity contribution in [3.05, 3.63) is 41.5 Å². The zero-order valence-electron chi connectivity index (χ0n) is 17.4. The second-order valence-corrected chi connectivity index (χ2v) is 9.50. The zero-order chi connectivity index (χ0) is 22.9. The van der Waals surface area contributed by atoms with Gasteiger partial charge < -0.3 is 20.3 Å². The van der Waals surface area contributed by atoms with E-state index in [-0.39, 0.29) is 22.4 Å². The van der Waals surface area contributed by atoms with Crippen molar-refractivity contribution in [1.82, 2.24) is 4.31 Å². The second-order valence-electron chi connectivity index (χ2n) is 7.54. The number of aromatic hydroxyl groups is 1. The van der Waals surface area contributed by atoms with E-state index >= 15 is 0 Å². The third-order valence-corrected chi connectivity index (χ3v) is 7.25. The molecule has 1 fully saturated rings. The minimum atomic E-state index is -3.89. The van der Waals surface area contributed by atoms with Crippen LogP contribution in [0.3, 0.4) is 0 Å². The lowest BCUT2D eigenvalue weighted by Gasteiger charge is -2.33. The predicted octanol–water partition coefficient (Wildman–Crippen LogP) is 3.00. The summed E-state index contributed by atoms with van der Waals surface area (Å²) in [6.07, 6.45) is 2.55. The second kappa shape index (κ2) is 8.56. The van der Waals surface area contributed by atoms with E-state index in [0.717, 1.165) is 19.3 Å². The van der Waals surface area contributed by atoms with Gasteiger partial charge in [0.05, 0.1) is 0 Å². The SMILES string of the molecule is Cc1cc(NC(=O)C(=O)O)cc(C)c1Oc1ccc(O)c(S(=O)(=O)N(C)C2CCC2)c1. The number of carboxylic acid groups (broad SMARTS) is 1. The van der Waals surface area contributed by atoms with E-state index in [1.54, 1.807) is 26.0 Å². The third-order valence-electron chi connectivity index (χ3n) is 5.31. The minimum Gasteiger partial charge on any atom is -0.507 e. The number of rotatable bonds is 6. The van der Waals surface area contributed by atoms with Crippen molar-refractivity contribution in [2.24, 2.45) is 0 Å². The van der Waals surface area contributed by atoms with E-state index in [1.807, 2.05) is 0 Å². The monoisotopic (exact) mass is 448 g/mol. The third kappa shape index (κ3) is 4.64. The standard InChI is InChI=1S/C21H24N2O7S/c1-12-9-14(22-20(25)21(26)27)10-13(2)19(12)30-16-7-8-17(24)18(11-16)31(28,29)23(3)15-5-4-6-15/h7-11,15,24H,4-6H2,1-3H3,(H,22,25)(H,26,27). The number of amides is 1. The first-order valence-corrected chi connectivity index (χ1v) is 11.1. The van der Waals surface area contributed by atoms with Crippen molar-refractivity contribution in [3.63, 3.8) is 0 Å². The highest BCUT2D eigenvalue weighted by atomic mass is 32.2. The van der Waals surface area contributed by atoms with Gasteiger partial charge in [-0.25, -0.2) is 13.2 Å². The quantitative estimate of drug-likeness (QED) is 0.579. The largest absolute Gasteiger partial charge is 0.507 e. The number of hydrogen-bond acceptors (Lipinski definition) is 6. The van der Waals surface area contributed by atoms with Gasteiger partial charge >= 0.3 is 11.9 Å². The van der Waals surface area contributed by atoms with Gasteiger partial charge in [0.1, 0.15) is 22.1 Å². The molecule has 0 heterocycles. The van der Waals surface area contributed by atoms with Crippen LogP contribution >= 0.6 is 0 Å². The van der Waals surface area contributed by atoms with E-state index < -0.39 is 21.9 Å². The summed E-state index contributed by atoms with van der Waals surface area (Å²) in [5, 5.41) is 21.2. The average molecular weight is 448 g/mol. The number of phenols is 1. The van der Waals surface area contributed by atoms with Gasteiger partial charge in [-0.05, 0) is 62.1 Å². The summed E-state index contributed by atoms with van der Waals surface area (Å²) in [6, 6.07) is 7.02. The van der Waals surface area contributed by atoms with Gasteiger partial charge in [-0.3, -0.25) is 4.79 Å². The van der Waals surface area contributed by atoms with Gasteiger partial charge in [-0.15, -0.1) is 0 Å². The molecule has 9 nitrogen and oxygen atoms in total. The molecule has 0 bridgehead atoms. The summed E-state index contributed by atoms with van der Waals surface area (Å²) in [6.45, 7) is 3.42. The van der Waals surface area contributed by atoms with Gasteiger partial charge in [0, 0.05) is 24.8 Å². The molecule has 0 aromatic heterocycles. The van der Waals surface area contributed by atoms with Crippen LogP contribution in [0.1, 0.15) is 30.4 Å². The summed E-state index contributed by atoms with van der Waals surface area (Å²) in [7, 11) is -2.39. The lowest BCUT2D eigenvalue weighted by Crippen LogP contribution is -2.41. The van der Waals surface area contributed by atoms with Crippen molar-refractivity contribution < 1.29 is 33.0 Å². The fourth-order valence-corrected chi connectivity index (χ4v) is 4.86. The molecule has 31 heavy (non-hydrogen) atoms. The zero-order valence-corrected chi connectivity index (χ0v) is 18.2. The maximum absolute atomic E-state index is 13.0. The highest BCUT2D eigenvalue weighted by Crippen LogP contribution is 2.37. The fourth-order valence-electron chi connectivity index (χ4n) is 3.35. The van der Waals surface area contributed by atoms with Gasteiger partial charge in [-0.2, -0.15) is 4.31 Å². The van der Waals surface area contributed by atoms with Crippen LogP contribution in [-0.2, 0) is 19.6 Å². The van der Waals surface area contributed by atoms with Crippen molar-refractivity contribution in [1.29, 1.82) is 0 Å². The Morgan fingerprint density at radius 1 is 1.13 bits per heavy atom. The molecule has 0 unspecified atom stereocenters. The van der Waals surface area contributed by atoms with Gasteiger partial charge in [-0.1, -0.05) is 6.42 Å². The molecule has 3 N–H and O–H groups in total. The van der Waals surface area contributed by atoms with Crippen LogP contribution in [-0.4, -0.2) is 47.9 Å². The first-order chi connectivity index (χ1) is 14.5. The molecule has 1 saturated carbocycles. The van der Waals surface area contributed by atoms with Gasteiger partial charge in [0.15, 0.2) is 0 Å². The topological polar surface area (TPSA) is 133 Å². The molecule has 1 aliphatic carbocycles. The molecule has 1 amide bonds. The summed E-state index contributed by atoms with van der Waals surface area (Å²) < 4.78 is 33.1. The van der Waals surface area contributed by atoms with Gasteiger partial charge in [0.2, 0.25) is 10.0 Å². The number of hydrogen-bond donors (Lipinski definition) is 3. The molecule has 0 spiro atoms. The van der Waals surface area contributed by atoms with E-state index in [1.165, 1.54) is 29.6 Å². The number of aliphatic carboxylic acids is 1. The van der Waals surface area contributed by atoms with E-state index in [4.69, 9.17) is 9.84 Å². The van der Waals surface area contributed by atoms with E-state index in [2.05, 4.69) is 5.32 Å². The lowest BCUT2D eigenvalue weighted by atomic mass is 9.94. The number of aryl methyl sites for hydroxylation is 2. The Kier molecular flexibility index (Phi) is 6.23. The maximum Gasteiger partial charge on any atom is 0.394 e. The number of phenolic OH excluding ortho intramolecular Hbond substituents is 1. The van der Waals surface area contributed by atoms with Crippen LogP contribution in [0.4, 0.5) is 5.69 Å². The number of anilines is 1. The Labute approximate surface area is 180 Å². The molecular weight excluding hydrogens is 424 g/mol. The number of carboxylic acids is 1. The Bertz CT molecular complexity index is 1120. The molecule has 10 heteroatoms. The molecule has 3 rings (SSSR count). The number of ether oxygens (including phenoxy) is 1. The Hall–Kier alpha value is -3.11. The molecule has 2 aromatic carbocycles. The number of nitrogens with zero attached hydrogens (tertiary/aromatic N) is 1. The normalized spacial score (nSPS) is 14.2. The Balaban J connectivity index is 1.89. The molecular formula is C21H24N2O7S. The summed E-state index contributed by atoms with van der Waals surface area (Å²) >= 11 is 0. The van der Waals surface area contributed by atoms with Crippen molar-refractivity contribution in [2.75, 3.05) is 12.4 Å². The van der Waals surface area contributed by atoms with E-state index in [9.17, 15) is 23.1 Å². The van der Waals surface area contributed by atoms with Crippen molar-refractivity contribution in [2.45, 2.75) is 44.0 Å². The molecule has 0 atom stereocenters. The molecule has 166 valence electrons. The summed E-state index contributed by atoms with van der Waals surface area (Å²) in [5.74, 6) is -2.47. The highest BCUT2D eigenvalue weighted by Gasteiger charge is 2.33. The van der Waals surface area contributed by atoms with Crippen molar-refractivity contribution >= 4 is 27.6 Å². The van der Waals surface area contributed by atoms with Crippen LogP contribution < -0.4 is 10.1 Å². The Morgan fingerprint density at radius 2 is 1.74 bits per heavy atom. The van der Waals surface area contributed by atoms with Gasteiger partial charge in [0.25, 0.3) is 0 Å². The summed E-state index contributed by atoms with van der Waals surface area (Å²) in [4.78, 5) is 21.9. The molecule has 0 radical (unpaired) electrons. The smallest absolute Gasteiger partial charge is 0.394 e. The molecule has 1 aliphatic rings. The maximum atomic E-state index is 13.0. The molecule has 0 saturated heterocycles. The number of benzene rings is 2. The van der Waals surface area contributed by atoms with Crippen LogP contribution in [0.15, 0.2) is 35.2 Å². The van der Waals surface area contributed by atoms with E-state index in [0.29, 0.717) is 22.6 Å². The molecule has 2 aromatic rings. The number of sulfonamides is 1. The van der Waals surface area contributed by atoms with Crippen LogP contribution in [0, 0.1) is 13.8 Å². The van der Waals surface area contributed by atoms with Crippen LogP contribution in [0.25, 0.3) is 0 Å². The first kappa shape index (κ1) is 22.6. The predicted molar refractivity (Wildman–Crippen MR) is 113 cm³/mol. The van der Waals surface area contributed by atoms with Crippen LogP contribution in [0.5, 0.6) is 17.2 Å². The average Bonchev–Trinajstić information content (AvgIpc) is 2.64. The lowest BCUT2D eigenvalue weighted by molar-refractivity contribution is -0.147.